The molecule has 3 aliphatic heterocycles. The summed E-state index contributed by atoms with van der Waals surface area (Å²) in [5.41, 5.74) is 4.53. The van der Waals surface area contributed by atoms with Crippen LogP contribution in [0.4, 0.5) is 15.8 Å². The van der Waals surface area contributed by atoms with Crippen LogP contribution in [0.1, 0.15) is 16.7 Å². The standard InChI is InChI=1S/C23H25FN4O2/c1-27-8-10-28(11-9-27)7-6-25-17-3-4-18-15(12-17)14-30-22(18)21-19-13-16(24)2-5-20(19)26-23(21)29/h2-5,12-13,25H,6-11,14H2,1H3,(H,26,29). The van der Waals surface area contributed by atoms with Crippen molar-refractivity contribution in [2.24, 2.45) is 0 Å². The van der Waals surface area contributed by atoms with E-state index < -0.39 is 0 Å². The molecule has 0 atom stereocenters. The van der Waals surface area contributed by atoms with Gasteiger partial charge in [-0.25, -0.2) is 4.39 Å². The van der Waals surface area contributed by atoms with Gasteiger partial charge in [0.25, 0.3) is 5.91 Å². The summed E-state index contributed by atoms with van der Waals surface area (Å²) in [5.74, 6) is -0.106. The van der Waals surface area contributed by atoms with Crippen molar-refractivity contribution in [3.8, 4) is 0 Å². The van der Waals surface area contributed by atoms with E-state index in [0.29, 0.717) is 29.2 Å². The van der Waals surface area contributed by atoms with Crippen molar-refractivity contribution in [1.29, 1.82) is 0 Å². The minimum absolute atomic E-state index is 0.257. The number of anilines is 2. The molecule has 2 aromatic carbocycles. The highest BCUT2D eigenvalue weighted by atomic mass is 19.1. The molecule has 3 aliphatic rings. The second kappa shape index (κ2) is 7.74. The second-order valence-electron chi connectivity index (χ2n) is 8.08. The van der Waals surface area contributed by atoms with Gasteiger partial charge in [0.1, 0.15) is 18.2 Å². The van der Waals surface area contributed by atoms with Gasteiger partial charge in [0, 0.05) is 67.3 Å². The highest BCUT2D eigenvalue weighted by Crippen LogP contribution is 2.42. The molecule has 6 nitrogen and oxygen atoms in total. The largest absolute Gasteiger partial charge is 0.487 e. The van der Waals surface area contributed by atoms with E-state index in [1.165, 1.54) is 12.1 Å². The molecular weight excluding hydrogens is 383 g/mol. The third-order valence-electron chi connectivity index (χ3n) is 6.03. The van der Waals surface area contributed by atoms with Crippen molar-refractivity contribution < 1.29 is 13.9 Å². The van der Waals surface area contributed by atoms with Crippen molar-refractivity contribution in [3.05, 3.63) is 58.9 Å². The van der Waals surface area contributed by atoms with E-state index in [9.17, 15) is 9.18 Å². The first kappa shape index (κ1) is 19.1. The van der Waals surface area contributed by atoms with Gasteiger partial charge in [0.2, 0.25) is 0 Å². The molecular formula is C23H25FN4O2. The van der Waals surface area contributed by atoms with Crippen LogP contribution in [0, 0.1) is 5.82 Å². The van der Waals surface area contributed by atoms with Crippen LogP contribution in [0.25, 0.3) is 11.3 Å². The van der Waals surface area contributed by atoms with Gasteiger partial charge < -0.3 is 20.3 Å². The first-order valence-corrected chi connectivity index (χ1v) is 10.3. The summed E-state index contributed by atoms with van der Waals surface area (Å²) >= 11 is 0. The molecule has 2 aromatic rings. The number of nitrogens with zero attached hydrogens (tertiary/aromatic N) is 2. The molecule has 0 aromatic heterocycles. The number of carbonyl (C=O) groups is 1. The number of fused-ring (bicyclic) bond motifs is 2. The average Bonchev–Trinajstić information content (AvgIpc) is 3.28. The van der Waals surface area contributed by atoms with Gasteiger partial charge in [-0.05, 0) is 43.4 Å². The van der Waals surface area contributed by atoms with Crippen molar-refractivity contribution in [1.82, 2.24) is 9.80 Å². The summed E-state index contributed by atoms with van der Waals surface area (Å²) in [6.45, 7) is 6.75. The molecule has 0 aliphatic carbocycles. The van der Waals surface area contributed by atoms with E-state index >= 15 is 0 Å². The van der Waals surface area contributed by atoms with Crippen LogP contribution in [0.2, 0.25) is 0 Å². The predicted octanol–water partition coefficient (Wildman–Crippen LogP) is 2.84. The van der Waals surface area contributed by atoms with Crippen LogP contribution in [-0.4, -0.2) is 62.0 Å². The molecule has 7 heteroatoms. The number of ether oxygens (including phenoxy) is 1. The summed E-state index contributed by atoms with van der Waals surface area (Å²) in [7, 11) is 2.16. The van der Waals surface area contributed by atoms with Gasteiger partial charge in [-0.2, -0.15) is 0 Å². The van der Waals surface area contributed by atoms with Crippen LogP contribution in [0.3, 0.4) is 0 Å². The molecule has 1 amide bonds. The Morgan fingerprint density at radius 2 is 1.93 bits per heavy atom. The van der Waals surface area contributed by atoms with Crippen molar-refractivity contribution in [2.75, 3.05) is 56.9 Å². The summed E-state index contributed by atoms with van der Waals surface area (Å²) in [6, 6.07) is 10.4. The first-order chi connectivity index (χ1) is 14.6. The quantitative estimate of drug-likeness (QED) is 0.762. The third-order valence-corrected chi connectivity index (χ3v) is 6.03. The Bertz CT molecular complexity index is 1030. The normalized spacial score (nSPS) is 21.2. The molecule has 30 heavy (non-hydrogen) atoms. The molecule has 0 bridgehead atoms. The van der Waals surface area contributed by atoms with Gasteiger partial charge in [0.15, 0.2) is 0 Å². The molecule has 0 spiro atoms. The van der Waals surface area contributed by atoms with E-state index in [0.717, 1.165) is 56.1 Å². The lowest BCUT2D eigenvalue weighted by Gasteiger charge is -2.32. The number of benzene rings is 2. The third kappa shape index (κ3) is 3.55. The Labute approximate surface area is 175 Å². The number of hydrogen-bond acceptors (Lipinski definition) is 5. The molecule has 0 radical (unpaired) electrons. The zero-order valence-corrected chi connectivity index (χ0v) is 17.0. The number of rotatable bonds is 4. The lowest BCUT2D eigenvalue weighted by molar-refractivity contribution is -0.110. The molecule has 1 saturated heterocycles. The van der Waals surface area contributed by atoms with Crippen LogP contribution < -0.4 is 10.6 Å². The molecule has 156 valence electrons. The maximum absolute atomic E-state index is 13.8. The molecule has 0 saturated carbocycles. The predicted molar refractivity (Wildman–Crippen MR) is 116 cm³/mol. The van der Waals surface area contributed by atoms with Crippen LogP contribution in [0.5, 0.6) is 0 Å². The number of amides is 1. The van der Waals surface area contributed by atoms with E-state index in [1.807, 2.05) is 12.1 Å². The Hall–Kier alpha value is -2.90. The van der Waals surface area contributed by atoms with E-state index in [-0.39, 0.29) is 11.7 Å². The highest BCUT2D eigenvalue weighted by molar-refractivity contribution is 6.36. The number of halogens is 1. The Morgan fingerprint density at radius 3 is 2.77 bits per heavy atom. The Kier molecular flexibility index (Phi) is 4.92. The first-order valence-electron chi connectivity index (χ1n) is 10.3. The lowest BCUT2D eigenvalue weighted by atomic mass is 10.00. The average molecular weight is 408 g/mol. The number of piperazine rings is 1. The molecule has 5 rings (SSSR count). The molecule has 1 fully saturated rings. The number of nitrogens with one attached hydrogen (secondary N) is 2. The molecule has 2 N–H and O–H groups in total. The van der Waals surface area contributed by atoms with E-state index in [4.69, 9.17) is 4.74 Å². The van der Waals surface area contributed by atoms with Crippen molar-refractivity contribution in [2.45, 2.75) is 6.61 Å². The SMILES string of the molecule is CN1CCN(CCNc2ccc3c(c2)COC3=C2C(=O)Nc3ccc(F)cc32)CC1. The van der Waals surface area contributed by atoms with Gasteiger partial charge in [-0.1, -0.05) is 0 Å². The monoisotopic (exact) mass is 408 g/mol. The maximum atomic E-state index is 13.8. The fourth-order valence-electron chi connectivity index (χ4n) is 4.27. The zero-order valence-electron chi connectivity index (χ0n) is 17.0. The Morgan fingerprint density at radius 1 is 1.10 bits per heavy atom. The maximum Gasteiger partial charge on any atom is 0.260 e. The number of carbonyl (C=O) groups excluding carboxylic acids is 1. The molecule has 0 unspecified atom stereocenters. The van der Waals surface area contributed by atoms with Crippen LogP contribution >= 0.6 is 0 Å². The van der Waals surface area contributed by atoms with Crippen molar-refractivity contribution in [3.63, 3.8) is 0 Å². The zero-order chi connectivity index (χ0) is 20.7. The number of hydrogen-bond donors (Lipinski definition) is 2. The summed E-state index contributed by atoms with van der Waals surface area (Å²) in [5, 5.41) is 6.29. The fourth-order valence-corrected chi connectivity index (χ4v) is 4.27. The number of likely N-dealkylation sites (N-methyl/N-ethyl adjacent to an activating group) is 1. The van der Waals surface area contributed by atoms with E-state index in [2.05, 4.69) is 33.5 Å². The van der Waals surface area contributed by atoms with E-state index in [1.54, 1.807) is 6.07 Å². The van der Waals surface area contributed by atoms with Gasteiger partial charge in [-0.15, -0.1) is 0 Å². The topological polar surface area (TPSA) is 56.8 Å². The summed E-state index contributed by atoms with van der Waals surface area (Å²) < 4.78 is 19.6. The second-order valence-corrected chi connectivity index (χ2v) is 8.08. The minimum atomic E-state index is -0.374. The smallest absolute Gasteiger partial charge is 0.260 e. The highest BCUT2D eigenvalue weighted by Gasteiger charge is 2.32. The minimum Gasteiger partial charge on any atom is -0.487 e. The van der Waals surface area contributed by atoms with Crippen molar-refractivity contribution >= 4 is 28.6 Å². The van der Waals surface area contributed by atoms with Gasteiger partial charge in [-0.3, -0.25) is 9.69 Å². The molecule has 3 heterocycles. The van der Waals surface area contributed by atoms with Crippen LogP contribution in [-0.2, 0) is 16.1 Å². The summed E-state index contributed by atoms with van der Waals surface area (Å²) in [6.07, 6.45) is 0. The van der Waals surface area contributed by atoms with Gasteiger partial charge in [0.05, 0.1) is 5.57 Å². The fraction of sp³-hybridized carbons (Fsp3) is 0.348. The Balaban J connectivity index is 1.32. The lowest BCUT2D eigenvalue weighted by Crippen LogP contribution is -2.45. The van der Waals surface area contributed by atoms with Gasteiger partial charge >= 0.3 is 0 Å². The summed E-state index contributed by atoms with van der Waals surface area (Å²) in [4.78, 5) is 17.4. The van der Waals surface area contributed by atoms with Crippen LogP contribution in [0.15, 0.2) is 36.4 Å².